The van der Waals surface area contributed by atoms with Crippen LogP contribution >= 0.6 is 0 Å². The van der Waals surface area contributed by atoms with Crippen molar-refractivity contribution in [3.8, 4) is 0 Å². The number of carbonyl (C=O) groups excluding carboxylic acids is 1. The summed E-state index contributed by atoms with van der Waals surface area (Å²) >= 11 is 0. The molecule has 0 aliphatic carbocycles. The van der Waals surface area contributed by atoms with Gasteiger partial charge in [0.2, 0.25) is 0 Å². The summed E-state index contributed by atoms with van der Waals surface area (Å²) in [6.45, 7) is 6.89. The Morgan fingerprint density at radius 3 is 2.30 bits per heavy atom. The number of aliphatic hydroxyl groups is 2. The lowest BCUT2D eigenvalue weighted by Crippen LogP contribution is -2.30. The molecule has 0 fully saturated rings. The highest BCUT2D eigenvalue weighted by Gasteiger charge is 2.37. The number of hydrogen-bond donors (Lipinski definition) is 2. The number of β-amino-alcohol motifs (C(OH)–C–C–N with tert-alkyl or cyclic N) is 1. The fraction of sp³-hybridized carbons (Fsp3) is 0.348. The number of aryl methyl sites for hydroxylation is 1. The Morgan fingerprint density at radius 2 is 1.74 bits per heavy atom. The van der Waals surface area contributed by atoms with E-state index < -0.39 is 0 Å². The third kappa shape index (κ3) is 3.97. The number of benzene rings is 2. The van der Waals surface area contributed by atoms with Gasteiger partial charge in [-0.25, -0.2) is 0 Å². The van der Waals surface area contributed by atoms with E-state index in [0.29, 0.717) is 23.6 Å². The maximum atomic E-state index is 13.2. The number of aliphatic hydroxyl groups excluding tert-OH is 2. The topological polar surface area (TPSA) is 60.8 Å². The number of hydrogen-bond acceptors (Lipinski definition) is 4. The van der Waals surface area contributed by atoms with Gasteiger partial charge in [-0.3, -0.25) is 9.69 Å². The van der Waals surface area contributed by atoms with Crippen LogP contribution in [0.1, 0.15) is 52.9 Å². The van der Waals surface area contributed by atoms with E-state index >= 15 is 0 Å². The van der Waals surface area contributed by atoms with E-state index in [1.807, 2.05) is 36.1 Å². The SMILES string of the molecule is Cc1ccc(C(=O)C2=C(O)CN(CCO)C2c2ccc(C(C)C)cc2)cc1. The first kappa shape index (κ1) is 19.3. The predicted molar refractivity (Wildman–Crippen MR) is 107 cm³/mol. The quantitative estimate of drug-likeness (QED) is 0.755. The molecule has 0 saturated carbocycles. The van der Waals surface area contributed by atoms with E-state index in [9.17, 15) is 15.0 Å². The number of Topliss-reactive ketones (excluding diaryl/α,β-unsaturated/α-hetero) is 1. The van der Waals surface area contributed by atoms with Crippen molar-refractivity contribution in [3.63, 3.8) is 0 Å². The van der Waals surface area contributed by atoms with E-state index in [0.717, 1.165) is 11.1 Å². The van der Waals surface area contributed by atoms with Gasteiger partial charge in [0.25, 0.3) is 0 Å². The highest BCUT2D eigenvalue weighted by Crippen LogP contribution is 2.38. The average molecular weight is 365 g/mol. The Balaban J connectivity index is 2.00. The maximum absolute atomic E-state index is 13.2. The van der Waals surface area contributed by atoms with Crippen LogP contribution in [0.15, 0.2) is 59.9 Å². The molecule has 0 radical (unpaired) electrons. The van der Waals surface area contributed by atoms with Gasteiger partial charge in [0, 0.05) is 12.1 Å². The van der Waals surface area contributed by atoms with Gasteiger partial charge in [-0.15, -0.1) is 0 Å². The van der Waals surface area contributed by atoms with Crippen molar-refractivity contribution < 1.29 is 15.0 Å². The lowest BCUT2D eigenvalue weighted by molar-refractivity contribution is 0.101. The molecule has 1 aliphatic rings. The van der Waals surface area contributed by atoms with E-state index in [1.165, 1.54) is 5.56 Å². The van der Waals surface area contributed by atoms with Crippen molar-refractivity contribution in [3.05, 3.63) is 82.1 Å². The zero-order chi connectivity index (χ0) is 19.6. The molecule has 0 saturated heterocycles. The molecule has 0 spiro atoms. The van der Waals surface area contributed by atoms with E-state index in [1.54, 1.807) is 12.1 Å². The van der Waals surface area contributed by atoms with Crippen LogP contribution in [-0.2, 0) is 0 Å². The Bertz CT molecular complexity index is 835. The molecule has 27 heavy (non-hydrogen) atoms. The molecule has 2 aromatic rings. The smallest absolute Gasteiger partial charge is 0.194 e. The molecule has 2 aromatic carbocycles. The van der Waals surface area contributed by atoms with Crippen molar-refractivity contribution in [2.24, 2.45) is 0 Å². The van der Waals surface area contributed by atoms with Gasteiger partial charge in [0.1, 0.15) is 5.76 Å². The summed E-state index contributed by atoms with van der Waals surface area (Å²) in [5, 5.41) is 20.0. The van der Waals surface area contributed by atoms with Gasteiger partial charge in [-0.1, -0.05) is 67.9 Å². The zero-order valence-electron chi connectivity index (χ0n) is 16.1. The van der Waals surface area contributed by atoms with Crippen LogP contribution in [-0.4, -0.2) is 40.6 Å². The summed E-state index contributed by atoms with van der Waals surface area (Å²) in [7, 11) is 0. The maximum Gasteiger partial charge on any atom is 0.194 e. The van der Waals surface area contributed by atoms with Crippen LogP contribution in [0, 0.1) is 6.92 Å². The van der Waals surface area contributed by atoms with E-state index in [2.05, 4.69) is 26.0 Å². The van der Waals surface area contributed by atoms with Gasteiger partial charge in [-0.05, 0) is 24.0 Å². The van der Waals surface area contributed by atoms with Crippen LogP contribution in [0.3, 0.4) is 0 Å². The molecule has 0 aromatic heterocycles. The second-order valence-corrected chi connectivity index (χ2v) is 7.47. The number of carbonyl (C=O) groups is 1. The fourth-order valence-electron chi connectivity index (χ4n) is 3.60. The van der Waals surface area contributed by atoms with Crippen molar-refractivity contribution in [1.82, 2.24) is 4.90 Å². The first-order valence-electron chi connectivity index (χ1n) is 9.40. The normalized spacial score (nSPS) is 17.7. The van der Waals surface area contributed by atoms with Crippen LogP contribution in [0.4, 0.5) is 0 Å². The van der Waals surface area contributed by atoms with Crippen LogP contribution in [0.5, 0.6) is 0 Å². The summed E-state index contributed by atoms with van der Waals surface area (Å²) in [4.78, 5) is 15.1. The molecular weight excluding hydrogens is 338 g/mol. The molecule has 142 valence electrons. The molecule has 0 bridgehead atoms. The number of nitrogens with zero attached hydrogens (tertiary/aromatic N) is 1. The zero-order valence-corrected chi connectivity index (χ0v) is 16.1. The highest BCUT2D eigenvalue weighted by molar-refractivity contribution is 6.10. The molecule has 0 amide bonds. The molecule has 1 heterocycles. The van der Waals surface area contributed by atoms with E-state index in [4.69, 9.17) is 0 Å². The average Bonchev–Trinajstić information content (AvgIpc) is 2.98. The molecule has 2 N–H and O–H groups in total. The summed E-state index contributed by atoms with van der Waals surface area (Å²) in [6, 6.07) is 15.2. The molecule has 1 unspecified atom stereocenters. The fourth-order valence-corrected chi connectivity index (χ4v) is 3.60. The second kappa shape index (κ2) is 8.07. The summed E-state index contributed by atoms with van der Waals surface area (Å²) in [5.41, 5.74) is 4.23. The minimum absolute atomic E-state index is 0.0279. The number of rotatable bonds is 6. The van der Waals surface area contributed by atoms with Crippen LogP contribution < -0.4 is 0 Å². The molecule has 1 aliphatic heterocycles. The first-order valence-corrected chi connectivity index (χ1v) is 9.40. The largest absolute Gasteiger partial charge is 0.510 e. The van der Waals surface area contributed by atoms with Crippen molar-refractivity contribution >= 4 is 5.78 Å². The first-order chi connectivity index (χ1) is 12.9. The third-order valence-electron chi connectivity index (χ3n) is 5.17. The lowest BCUT2D eigenvalue weighted by Gasteiger charge is -2.26. The van der Waals surface area contributed by atoms with Gasteiger partial charge >= 0.3 is 0 Å². The Morgan fingerprint density at radius 1 is 1.11 bits per heavy atom. The Labute approximate surface area is 160 Å². The lowest BCUT2D eigenvalue weighted by atomic mass is 9.91. The molecule has 4 nitrogen and oxygen atoms in total. The van der Waals surface area contributed by atoms with Gasteiger partial charge in [0.15, 0.2) is 5.78 Å². The van der Waals surface area contributed by atoms with Crippen LogP contribution in [0.25, 0.3) is 0 Å². The Hall–Kier alpha value is -2.43. The summed E-state index contributed by atoms with van der Waals surface area (Å²) in [5.74, 6) is 0.353. The summed E-state index contributed by atoms with van der Waals surface area (Å²) < 4.78 is 0. The van der Waals surface area contributed by atoms with Crippen molar-refractivity contribution in [2.75, 3.05) is 19.7 Å². The molecule has 1 atom stereocenters. The standard InChI is InChI=1S/C23H27NO3/c1-15(2)17-8-10-18(11-9-17)22-21(20(26)14-24(22)12-13-25)23(27)19-6-4-16(3)5-7-19/h4-11,15,22,25-26H,12-14H2,1-3H3. The predicted octanol–water partition coefficient (Wildman–Crippen LogP) is 4.16. The monoisotopic (exact) mass is 365 g/mol. The minimum atomic E-state index is -0.354. The van der Waals surface area contributed by atoms with Crippen LogP contribution in [0.2, 0.25) is 0 Å². The molecular formula is C23H27NO3. The third-order valence-corrected chi connectivity index (χ3v) is 5.17. The Kier molecular flexibility index (Phi) is 5.78. The minimum Gasteiger partial charge on any atom is -0.510 e. The summed E-state index contributed by atoms with van der Waals surface area (Å²) in [6.07, 6.45) is 0. The molecule has 4 heteroatoms. The van der Waals surface area contributed by atoms with Gasteiger partial charge in [0.05, 0.1) is 24.8 Å². The van der Waals surface area contributed by atoms with E-state index in [-0.39, 0.29) is 30.7 Å². The van der Waals surface area contributed by atoms with Gasteiger partial charge < -0.3 is 10.2 Å². The molecule has 3 rings (SSSR count). The van der Waals surface area contributed by atoms with Crippen molar-refractivity contribution in [1.29, 1.82) is 0 Å². The highest BCUT2D eigenvalue weighted by atomic mass is 16.3. The van der Waals surface area contributed by atoms with Gasteiger partial charge in [-0.2, -0.15) is 0 Å². The number of ketones is 1. The second-order valence-electron chi connectivity index (χ2n) is 7.47. The van der Waals surface area contributed by atoms with Crippen molar-refractivity contribution in [2.45, 2.75) is 32.7 Å².